The summed E-state index contributed by atoms with van der Waals surface area (Å²) in [4.78, 5) is 4.94. The van der Waals surface area contributed by atoms with Crippen molar-refractivity contribution in [2.24, 2.45) is 0 Å². The smallest absolute Gasteiger partial charge is 0.0426 e. The molecule has 0 amide bonds. The molecule has 144 valence electrons. The Morgan fingerprint density at radius 1 is 0.679 bits per heavy atom. The van der Waals surface area contributed by atoms with Crippen molar-refractivity contribution in [3.63, 3.8) is 0 Å². The normalized spacial score (nSPS) is 14.4. The number of nitrogens with zero attached hydrogens (tertiary/aromatic N) is 2. The summed E-state index contributed by atoms with van der Waals surface area (Å²) >= 11 is 6.21. The van der Waals surface area contributed by atoms with Gasteiger partial charge in [-0.15, -0.1) is 0 Å². The zero-order chi connectivity index (χ0) is 19.7. The number of halogens is 1. The SMILES string of the molecule is Cc1ccc(-c2ccc(N3CCN(c4cc(Cl)ccc4C)CC3)cc2C)cc1. The molecular formula is C25H27ClN2. The monoisotopic (exact) mass is 390 g/mol. The molecule has 3 aromatic rings. The van der Waals surface area contributed by atoms with Crippen molar-refractivity contribution >= 4 is 23.0 Å². The van der Waals surface area contributed by atoms with E-state index in [9.17, 15) is 0 Å². The first-order valence-electron chi connectivity index (χ1n) is 9.95. The average molecular weight is 391 g/mol. The molecule has 0 saturated carbocycles. The molecule has 28 heavy (non-hydrogen) atoms. The van der Waals surface area contributed by atoms with Gasteiger partial charge in [0.2, 0.25) is 0 Å². The molecule has 0 aliphatic carbocycles. The Bertz CT molecular complexity index is 970. The van der Waals surface area contributed by atoms with E-state index in [-0.39, 0.29) is 0 Å². The molecule has 0 spiro atoms. The van der Waals surface area contributed by atoms with Crippen LogP contribution in [0.5, 0.6) is 0 Å². The first kappa shape index (κ1) is 18.9. The van der Waals surface area contributed by atoms with E-state index in [1.165, 1.54) is 39.2 Å². The third kappa shape index (κ3) is 3.88. The Morgan fingerprint density at radius 2 is 1.36 bits per heavy atom. The largest absolute Gasteiger partial charge is 0.368 e. The Kier molecular flexibility index (Phi) is 5.32. The molecule has 1 aliphatic rings. The highest BCUT2D eigenvalue weighted by Gasteiger charge is 2.19. The molecule has 1 aliphatic heterocycles. The van der Waals surface area contributed by atoms with Crippen molar-refractivity contribution < 1.29 is 0 Å². The summed E-state index contributed by atoms with van der Waals surface area (Å²) in [5.74, 6) is 0. The maximum Gasteiger partial charge on any atom is 0.0426 e. The molecule has 0 bridgehead atoms. The van der Waals surface area contributed by atoms with Crippen LogP contribution in [0, 0.1) is 20.8 Å². The van der Waals surface area contributed by atoms with Gasteiger partial charge in [-0.1, -0.05) is 53.6 Å². The summed E-state index contributed by atoms with van der Waals surface area (Å²) in [5.41, 5.74) is 9.10. The van der Waals surface area contributed by atoms with E-state index in [1.807, 2.05) is 6.07 Å². The predicted molar refractivity (Wildman–Crippen MR) is 122 cm³/mol. The fourth-order valence-electron chi connectivity index (χ4n) is 4.03. The van der Waals surface area contributed by atoms with Gasteiger partial charge in [0.05, 0.1) is 0 Å². The fourth-order valence-corrected chi connectivity index (χ4v) is 4.20. The van der Waals surface area contributed by atoms with Crippen molar-refractivity contribution in [1.82, 2.24) is 0 Å². The van der Waals surface area contributed by atoms with Crippen LogP contribution in [0.25, 0.3) is 11.1 Å². The lowest BCUT2D eigenvalue weighted by molar-refractivity contribution is 0.652. The van der Waals surface area contributed by atoms with Crippen molar-refractivity contribution in [2.45, 2.75) is 20.8 Å². The molecule has 1 fully saturated rings. The van der Waals surface area contributed by atoms with E-state index in [4.69, 9.17) is 11.6 Å². The zero-order valence-electron chi connectivity index (χ0n) is 16.9. The number of aryl methyl sites for hydroxylation is 3. The quantitative estimate of drug-likeness (QED) is 0.520. The van der Waals surface area contributed by atoms with Crippen LogP contribution >= 0.6 is 11.6 Å². The summed E-state index contributed by atoms with van der Waals surface area (Å²) in [7, 11) is 0. The molecule has 3 heteroatoms. The Labute approximate surface area is 173 Å². The third-order valence-electron chi connectivity index (χ3n) is 5.73. The van der Waals surface area contributed by atoms with Gasteiger partial charge in [-0.25, -0.2) is 0 Å². The number of piperazine rings is 1. The highest BCUT2D eigenvalue weighted by Crippen LogP contribution is 2.30. The van der Waals surface area contributed by atoms with E-state index < -0.39 is 0 Å². The third-order valence-corrected chi connectivity index (χ3v) is 5.96. The lowest BCUT2D eigenvalue weighted by Gasteiger charge is -2.38. The van der Waals surface area contributed by atoms with Gasteiger partial charge in [-0.05, 0) is 67.3 Å². The predicted octanol–water partition coefficient (Wildman–Crippen LogP) is 6.26. The van der Waals surface area contributed by atoms with Crippen LogP contribution in [-0.2, 0) is 0 Å². The Balaban J connectivity index is 1.48. The van der Waals surface area contributed by atoms with Crippen LogP contribution < -0.4 is 9.80 Å². The van der Waals surface area contributed by atoms with Crippen LogP contribution in [0.2, 0.25) is 5.02 Å². The van der Waals surface area contributed by atoms with Gasteiger partial charge < -0.3 is 9.80 Å². The molecule has 0 unspecified atom stereocenters. The standard InChI is InChI=1S/C25H27ClN2/c1-18-4-7-21(8-5-18)24-11-10-23(16-20(24)3)27-12-14-28(15-13-27)25-17-22(26)9-6-19(25)2/h4-11,16-17H,12-15H2,1-3H3. The van der Waals surface area contributed by atoms with Crippen molar-refractivity contribution in [1.29, 1.82) is 0 Å². The minimum atomic E-state index is 0.811. The van der Waals surface area contributed by atoms with E-state index in [1.54, 1.807) is 0 Å². The highest BCUT2D eigenvalue weighted by molar-refractivity contribution is 6.30. The van der Waals surface area contributed by atoms with Gasteiger partial charge in [0.15, 0.2) is 0 Å². The fraction of sp³-hybridized carbons (Fsp3) is 0.280. The Morgan fingerprint density at radius 3 is 2.04 bits per heavy atom. The maximum atomic E-state index is 6.21. The van der Waals surface area contributed by atoms with Crippen molar-refractivity contribution in [3.05, 3.63) is 82.4 Å². The van der Waals surface area contributed by atoms with Crippen LogP contribution in [0.4, 0.5) is 11.4 Å². The second-order valence-electron chi connectivity index (χ2n) is 7.77. The summed E-state index contributed by atoms with van der Waals surface area (Å²) < 4.78 is 0. The minimum absolute atomic E-state index is 0.811. The van der Waals surface area contributed by atoms with Gasteiger partial charge >= 0.3 is 0 Å². The molecule has 1 saturated heterocycles. The maximum absolute atomic E-state index is 6.21. The topological polar surface area (TPSA) is 6.48 Å². The molecule has 0 radical (unpaired) electrons. The second kappa shape index (κ2) is 7.89. The number of hydrogen-bond donors (Lipinski definition) is 0. The van der Waals surface area contributed by atoms with Gasteiger partial charge in [-0.2, -0.15) is 0 Å². The van der Waals surface area contributed by atoms with Crippen LogP contribution in [0.3, 0.4) is 0 Å². The molecule has 0 atom stereocenters. The first-order valence-corrected chi connectivity index (χ1v) is 10.3. The highest BCUT2D eigenvalue weighted by atomic mass is 35.5. The van der Waals surface area contributed by atoms with Crippen molar-refractivity contribution in [2.75, 3.05) is 36.0 Å². The number of hydrogen-bond acceptors (Lipinski definition) is 2. The van der Waals surface area contributed by atoms with E-state index >= 15 is 0 Å². The lowest BCUT2D eigenvalue weighted by Crippen LogP contribution is -2.46. The van der Waals surface area contributed by atoms with Gasteiger partial charge in [0.25, 0.3) is 0 Å². The summed E-state index contributed by atoms with van der Waals surface area (Å²) in [6.07, 6.45) is 0. The number of anilines is 2. The molecule has 1 heterocycles. The molecule has 3 aromatic carbocycles. The summed E-state index contributed by atoms with van der Waals surface area (Å²) in [6.45, 7) is 10.6. The Hall–Kier alpha value is -2.45. The van der Waals surface area contributed by atoms with Crippen LogP contribution in [0.1, 0.15) is 16.7 Å². The number of benzene rings is 3. The van der Waals surface area contributed by atoms with E-state index in [2.05, 4.69) is 85.2 Å². The van der Waals surface area contributed by atoms with Gasteiger partial charge in [-0.3, -0.25) is 0 Å². The van der Waals surface area contributed by atoms with Gasteiger partial charge in [0, 0.05) is 42.6 Å². The molecule has 0 aromatic heterocycles. The second-order valence-corrected chi connectivity index (χ2v) is 8.21. The van der Waals surface area contributed by atoms with Gasteiger partial charge in [0.1, 0.15) is 0 Å². The molecular weight excluding hydrogens is 364 g/mol. The first-order chi connectivity index (χ1) is 13.5. The average Bonchev–Trinajstić information content (AvgIpc) is 2.71. The van der Waals surface area contributed by atoms with Crippen molar-refractivity contribution in [3.8, 4) is 11.1 Å². The summed E-state index contributed by atoms with van der Waals surface area (Å²) in [6, 6.07) is 21.8. The molecule has 4 rings (SSSR count). The zero-order valence-corrected chi connectivity index (χ0v) is 17.6. The molecule has 2 nitrogen and oxygen atoms in total. The van der Waals surface area contributed by atoms with E-state index in [0.717, 1.165) is 31.2 Å². The number of rotatable bonds is 3. The van der Waals surface area contributed by atoms with Crippen LogP contribution in [-0.4, -0.2) is 26.2 Å². The lowest BCUT2D eigenvalue weighted by atomic mass is 9.99. The van der Waals surface area contributed by atoms with Crippen LogP contribution in [0.15, 0.2) is 60.7 Å². The minimum Gasteiger partial charge on any atom is -0.368 e. The summed E-state index contributed by atoms with van der Waals surface area (Å²) in [5, 5.41) is 0.811. The van der Waals surface area contributed by atoms with E-state index in [0.29, 0.717) is 0 Å². The molecule has 0 N–H and O–H groups in total.